The standard InChI is InChI=1S/C19H39N3O2/c1-6-20-17(21-14-16(24-5)18(2,3)4)22-15-19(12-13-23)10-8-7-9-11-19/h16,23H,6-15H2,1-5H3,(H2,20,21,22). The van der Waals surface area contributed by atoms with Crippen molar-refractivity contribution in [2.45, 2.75) is 72.3 Å². The van der Waals surface area contributed by atoms with E-state index >= 15 is 0 Å². The Labute approximate surface area is 148 Å². The van der Waals surface area contributed by atoms with Crippen molar-refractivity contribution in [3.63, 3.8) is 0 Å². The Morgan fingerprint density at radius 3 is 2.38 bits per heavy atom. The van der Waals surface area contributed by atoms with Gasteiger partial charge in [-0.15, -0.1) is 0 Å². The second-order valence-electron chi connectivity index (χ2n) is 8.20. The predicted molar refractivity (Wildman–Crippen MR) is 101 cm³/mol. The van der Waals surface area contributed by atoms with Crippen LogP contribution in [0.4, 0.5) is 0 Å². The SMILES string of the molecule is CCNC(=NCC1(CCO)CCCCC1)NCC(OC)C(C)(C)C. The third-order valence-corrected chi connectivity index (χ3v) is 5.18. The van der Waals surface area contributed by atoms with Gasteiger partial charge in [-0.3, -0.25) is 4.99 Å². The summed E-state index contributed by atoms with van der Waals surface area (Å²) >= 11 is 0. The lowest BCUT2D eigenvalue weighted by atomic mass is 9.72. The van der Waals surface area contributed by atoms with Gasteiger partial charge < -0.3 is 20.5 Å². The zero-order chi connectivity index (χ0) is 18.1. The Balaban J connectivity index is 2.69. The van der Waals surface area contributed by atoms with Crippen molar-refractivity contribution in [1.29, 1.82) is 0 Å². The Morgan fingerprint density at radius 1 is 1.21 bits per heavy atom. The van der Waals surface area contributed by atoms with Gasteiger partial charge in [0.1, 0.15) is 0 Å². The molecule has 1 fully saturated rings. The number of hydrogen-bond acceptors (Lipinski definition) is 3. The predicted octanol–water partition coefficient (Wildman–Crippen LogP) is 2.94. The molecule has 0 radical (unpaired) electrons. The first-order chi connectivity index (χ1) is 11.4. The first-order valence-electron chi connectivity index (χ1n) is 9.53. The van der Waals surface area contributed by atoms with Crippen LogP contribution in [0.5, 0.6) is 0 Å². The van der Waals surface area contributed by atoms with Gasteiger partial charge in [-0.25, -0.2) is 0 Å². The normalized spacial score (nSPS) is 19.8. The van der Waals surface area contributed by atoms with Crippen molar-refractivity contribution < 1.29 is 9.84 Å². The van der Waals surface area contributed by atoms with Gasteiger partial charge in [0.2, 0.25) is 0 Å². The van der Waals surface area contributed by atoms with Crippen LogP contribution in [0.2, 0.25) is 0 Å². The van der Waals surface area contributed by atoms with E-state index in [4.69, 9.17) is 9.73 Å². The highest BCUT2D eigenvalue weighted by molar-refractivity contribution is 5.79. The summed E-state index contributed by atoms with van der Waals surface area (Å²) in [5.74, 6) is 0.853. The van der Waals surface area contributed by atoms with Gasteiger partial charge in [-0.1, -0.05) is 40.0 Å². The summed E-state index contributed by atoms with van der Waals surface area (Å²) in [6.45, 7) is 11.3. The molecule has 0 aromatic heterocycles. The smallest absolute Gasteiger partial charge is 0.191 e. The Hall–Kier alpha value is -0.810. The topological polar surface area (TPSA) is 65.9 Å². The maximum atomic E-state index is 9.45. The highest BCUT2D eigenvalue weighted by Gasteiger charge is 2.31. The number of nitrogens with one attached hydrogen (secondary N) is 2. The molecule has 0 aromatic carbocycles. The van der Waals surface area contributed by atoms with Gasteiger partial charge in [0.25, 0.3) is 0 Å². The number of aliphatic hydroxyl groups is 1. The average molecular weight is 342 g/mol. The van der Waals surface area contributed by atoms with Crippen LogP contribution in [-0.2, 0) is 4.74 Å². The van der Waals surface area contributed by atoms with Crippen LogP contribution in [0.1, 0.15) is 66.2 Å². The fraction of sp³-hybridized carbons (Fsp3) is 0.947. The zero-order valence-electron chi connectivity index (χ0n) is 16.5. The van der Waals surface area contributed by atoms with Crippen LogP contribution < -0.4 is 10.6 Å². The molecule has 3 N–H and O–H groups in total. The van der Waals surface area contributed by atoms with E-state index in [0.717, 1.165) is 32.0 Å². The van der Waals surface area contributed by atoms with Gasteiger partial charge in [0, 0.05) is 33.4 Å². The molecule has 0 bridgehead atoms. The molecule has 0 aliphatic heterocycles. The molecule has 1 aliphatic rings. The molecule has 0 saturated heterocycles. The first kappa shape index (κ1) is 21.2. The maximum absolute atomic E-state index is 9.45. The third kappa shape index (κ3) is 6.98. The molecule has 1 saturated carbocycles. The summed E-state index contributed by atoms with van der Waals surface area (Å²) in [7, 11) is 1.76. The fourth-order valence-corrected chi connectivity index (χ4v) is 3.55. The second kappa shape index (κ2) is 10.2. The van der Waals surface area contributed by atoms with E-state index in [9.17, 15) is 5.11 Å². The molecule has 1 atom stereocenters. The van der Waals surface area contributed by atoms with Crippen LogP contribution in [0.15, 0.2) is 4.99 Å². The van der Waals surface area contributed by atoms with Gasteiger partial charge in [-0.2, -0.15) is 0 Å². The monoisotopic (exact) mass is 341 g/mol. The minimum absolute atomic E-state index is 0.0839. The number of aliphatic hydroxyl groups excluding tert-OH is 1. The maximum Gasteiger partial charge on any atom is 0.191 e. The van der Waals surface area contributed by atoms with E-state index in [2.05, 4.69) is 38.3 Å². The molecule has 1 unspecified atom stereocenters. The summed E-state index contributed by atoms with van der Waals surface area (Å²) in [4.78, 5) is 4.84. The number of ether oxygens (including phenoxy) is 1. The number of rotatable bonds is 8. The van der Waals surface area contributed by atoms with Crippen LogP contribution in [0.3, 0.4) is 0 Å². The number of guanidine groups is 1. The first-order valence-corrected chi connectivity index (χ1v) is 9.53. The molecule has 0 heterocycles. The Kier molecular flexibility index (Phi) is 9.06. The minimum atomic E-state index is 0.0839. The fourth-order valence-electron chi connectivity index (χ4n) is 3.55. The van der Waals surface area contributed by atoms with Crippen molar-refractivity contribution in [2.24, 2.45) is 15.8 Å². The molecule has 1 aliphatic carbocycles. The van der Waals surface area contributed by atoms with E-state index in [-0.39, 0.29) is 23.5 Å². The van der Waals surface area contributed by atoms with Crippen LogP contribution >= 0.6 is 0 Å². The molecular weight excluding hydrogens is 302 g/mol. The summed E-state index contributed by atoms with van der Waals surface area (Å²) in [5.41, 5.74) is 0.264. The van der Waals surface area contributed by atoms with E-state index in [1.165, 1.54) is 32.1 Å². The summed E-state index contributed by atoms with van der Waals surface area (Å²) in [6.07, 6.45) is 7.18. The lowest BCUT2D eigenvalue weighted by molar-refractivity contribution is 0.0205. The number of aliphatic imine (C=N–C) groups is 1. The number of nitrogens with zero attached hydrogens (tertiary/aromatic N) is 1. The highest BCUT2D eigenvalue weighted by Crippen LogP contribution is 2.39. The van der Waals surface area contributed by atoms with E-state index in [1.807, 2.05) is 0 Å². The zero-order valence-corrected chi connectivity index (χ0v) is 16.5. The molecule has 5 heteroatoms. The lowest BCUT2D eigenvalue weighted by Crippen LogP contribution is -2.45. The van der Waals surface area contributed by atoms with Crippen LogP contribution in [0.25, 0.3) is 0 Å². The van der Waals surface area contributed by atoms with E-state index in [1.54, 1.807) is 7.11 Å². The molecule has 0 amide bonds. The Morgan fingerprint density at radius 2 is 1.88 bits per heavy atom. The van der Waals surface area contributed by atoms with E-state index in [0.29, 0.717) is 0 Å². The molecule has 0 spiro atoms. The summed E-state index contributed by atoms with van der Waals surface area (Å²) in [6, 6.07) is 0. The molecule has 5 nitrogen and oxygen atoms in total. The minimum Gasteiger partial charge on any atom is -0.396 e. The van der Waals surface area contributed by atoms with Crippen molar-refractivity contribution >= 4 is 5.96 Å². The Bertz CT molecular complexity index is 366. The van der Waals surface area contributed by atoms with Crippen molar-refractivity contribution in [3.05, 3.63) is 0 Å². The molecular formula is C19H39N3O2. The average Bonchev–Trinajstić information content (AvgIpc) is 2.53. The molecule has 142 valence electrons. The largest absolute Gasteiger partial charge is 0.396 e. The summed E-state index contributed by atoms with van der Waals surface area (Å²) < 4.78 is 5.62. The van der Waals surface area contributed by atoms with E-state index < -0.39 is 0 Å². The van der Waals surface area contributed by atoms with Crippen molar-refractivity contribution in [3.8, 4) is 0 Å². The van der Waals surface area contributed by atoms with Gasteiger partial charge in [-0.05, 0) is 37.0 Å². The summed E-state index contributed by atoms with van der Waals surface area (Å²) in [5, 5.41) is 16.2. The van der Waals surface area contributed by atoms with Crippen molar-refractivity contribution in [1.82, 2.24) is 10.6 Å². The quantitative estimate of drug-likeness (QED) is 0.469. The lowest BCUT2D eigenvalue weighted by Gasteiger charge is -2.36. The van der Waals surface area contributed by atoms with Crippen LogP contribution in [0, 0.1) is 10.8 Å². The number of methoxy groups -OCH3 is 1. The second-order valence-corrected chi connectivity index (χ2v) is 8.20. The third-order valence-electron chi connectivity index (χ3n) is 5.18. The molecule has 1 rings (SSSR count). The van der Waals surface area contributed by atoms with Crippen LogP contribution in [-0.4, -0.2) is 50.5 Å². The number of hydrogen-bond donors (Lipinski definition) is 3. The van der Waals surface area contributed by atoms with Gasteiger partial charge >= 0.3 is 0 Å². The molecule has 24 heavy (non-hydrogen) atoms. The highest BCUT2D eigenvalue weighted by atomic mass is 16.5. The molecule has 0 aromatic rings. The van der Waals surface area contributed by atoms with Crippen molar-refractivity contribution in [2.75, 3.05) is 33.4 Å². The van der Waals surface area contributed by atoms with Gasteiger partial charge in [0.05, 0.1) is 6.10 Å². The van der Waals surface area contributed by atoms with Gasteiger partial charge in [0.15, 0.2) is 5.96 Å².